The molecule has 2 aliphatic rings. The molecule has 0 spiro atoms. The number of fused-ring (bicyclic) bond motifs is 1. The Morgan fingerprint density at radius 1 is 1.04 bits per heavy atom. The Labute approximate surface area is 158 Å². The highest BCUT2D eigenvalue weighted by Crippen LogP contribution is 2.32. The van der Waals surface area contributed by atoms with Crippen LogP contribution in [0.5, 0.6) is 11.5 Å². The maximum Gasteiger partial charge on any atom is 0.166 e. The summed E-state index contributed by atoms with van der Waals surface area (Å²) in [6, 6.07) is 13.5. The Hall–Kier alpha value is -2.04. The van der Waals surface area contributed by atoms with Crippen molar-refractivity contribution in [3.63, 3.8) is 0 Å². The third-order valence-corrected chi connectivity index (χ3v) is 5.32. The van der Waals surface area contributed by atoms with E-state index < -0.39 is 0 Å². The number of piperidine rings is 1. The number of halogens is 1. The van der Waals surface area contributed by atoms with Gasteiger partial charge >= 0.3 is 0 Å². The number of ketones is 1. The summed E-state index contributed by atoms with van der Waals surface area (Å²) < 4.78 is 11.1. The first-order chi connectivity index (χ1) is 12.7. The molecule has 0 amide bonds. The van der Waals surface area contributed by atoms with Gasteiger partial charge in [-0.2, -0.15) is 0 Å². The number of Topliss-reactive ketones (excluding diaryl/α,β-unsaturated/α-hetero) is 1. The van der Waals surface area contributed by atoms with Gasteiger partial charge in [-0.3, -0.25) is 9.69 Å². The van der Waals surface area contributed by atoms with Crippen LogP contribution >= 0.6 is 11.6 Å². The van der Waals surface area contributed by atoms with Gasteiger partial charge in [0, 0.05) is 23.0 Å². The van der Waals surface area contributed by atoms with Crippen LogP contribution in [0.2, 0.25) is 5.02 Å². The fraction of sp³-hybridized carbons (Fsp3) is 0.381. The van der Waals surface area contributed by atoms with E-state index in [9.17, 15) is 4.79 Å². The first kappa shape index (κ1) is 17.4. The molecule has 0 unspecified atom stereocenters. The van der Waals surface area contributed by atoms with Crippen molar-refractivity contribution in [2.24, 2.45) is 5.92 Å². The van der Waals surface area contributed by atoms with E-state index in [4.69, 9.17) is 21.1 Å². The van der Waals surface area contributed by atoms with Crippen molar-refractivity contribution in [2.45, 2.75) is 19.4 Å². The lowest BCUT2D eigenvalue weighted by Gasteiger charge is -2.31. The maximum absolute atomic E-state index is 12.9. The topological polar surface area (TPSA) is 38.8 Å². The fourth-order valence-corrected chi connectivity index (χ4v) is 3.89. The monoisotopic (exact) mass is 371 g/mol. The SMILES string of the molecule is O=C(c1ccc2c(c1)OCCO2)C1CCN(Cc2cccc(Cl)c2)CC1. The number of benzene rings is 2. The van der Waals surface area contributed by atoms with E-state index in [0.717, 1.165) is 48.8 Å². The lowest BCUT2D eigenvalue weighted by atomic mass is 9.88. The molecule has 0 aromatic heterocycles. The molecule has 2 aromatic rings. The molecule has 0 radical (unpaired) electrons. The summed E-state index contributed by atoms with van der Waals surface area (Å²) in [6.07, 6.45) is 1.77. The largest absolute Gasteiger partial charge is 0.486 e. The van der Waals surface area contributed by atoms with Gasteiger partial charge in [-0.05, 0) is 61.8 Å². The molecule has 5 heteroatoms. The zero-order chi connectivity index (χ0) is 17.9. The van der Waals surface area contributed by atoms with Gasteiger partial charge in [0.25, 0.3) is 0 Å². The van der Waals surface area contributed by atoms with E-state index in [1.807, 2.05) is 36.4 Å². The quantitative estimate of drug-likeness (QED) is 0.755. The molecule has 4 rings (SSSR count). The molecule has 2 heterocycles. The lowest BCUT2D eigenvalue weighted by molar-refractivity contribution is 0.0833. The summed E-state index contributed by atoms with van der Waals surface area (Å²) in [4.78, 5) is 15.3. The average Bonchev–Trinajstić information content (AvgIpc) is 2.68. The summed E-state index contributed by atoms with van der Waals surface area (Å²) in [7, 11) is 0. The average molecular weight is 372 g/mol. The summed E-state index contributed by atoms with van der Waals surface area (Å²) in [5, 5.41) is 0.770. The van der Waals surface area contributed by atoms with Gasteiger partial charge in [-0.25, -0.2) is 0 Å². The minimum atomic E-state index is 0.0770. The molecule has 26 heavy (non-hydrogen) atoms. The third kappa shape index (κ3) is 3.87. The standard InChI is InChI=1S/C21H22ClNO3/c22-18-3-1-2-15(12-18)14-23-8-6-16(7-9-23)21(24)17-4-5-19-20(13-17)26-11-10-25-19/h1-5,12-13,16H,6-11,14H2. The Bertz CT molecular complexity index is 800. The molecule has 2 aliphatic heterocycles. The van der Waals surface area contributed by atoms with Gasteiger partial charge in [0.1, 0.15) is 13.2 Å². The second-order valence-corrected chi connectivity index (χ2v) is 7.34. The van der Waals surface area contributed by atoms with Crippen LogP contribution in [0.4, 0.5) is 0 Å². The zero-order valence-corrected chi connectivity index (χ0v) is 15.4. The lowest BCUT2D eigenvalue weighted by Crippen LogP contribution is -2.36. The predicted octanol–water partition coefficient (Wildman–Crippen LogP) is 4.21. The zero-order valence-electron chi connectivity index (χ0n) is 14.6. The fourth-order valence-electron chi connectivity index (χ4n) is 3.68. The molecule has 0 saturated carbocycles. The van der Waals surface area contributed by atoms with Crippen LogP contribution in [0.25, 0.3) is 0 Å². The Morgan fingerprint density at radius 2 is 1.81 bits per heavy atom. The van der Waals surface area contributed by atoms with Crippen molar-refractivity contribution in [1.29, 1.82) is 0 Å². The van der Waals surface area contributed by atoms with Gasteiger partial charge < -0.3 is 9.47 Å². The van der Waals surface area contributed by atoms with E-state index in [-0.39, 0.29) is 11.7 Å². The van der Waals surface area contributed by atoms with Crippen LogP contribution in [0.15, 0.2) is 42.5 Å². The number of hydrogen-bond donors (Lipinski definition) is 0. The second kappa shape index (κ2) is 7.68. The number of carbonyl (C=O) groups excluding carboxylic acids is 1. The number of ether oxygens (including phenoxy) is 2. The minimum Gasteiger partial charge on any atom is -0.486 e. The van der Waals surface area contributed by atoms with E-state index >= 15 is 0 Å². The first-order valence-corrected chi connectivity index (χ1v) is 9.47. The highest BCUT2D eigenvalue weighted by Gasteiger charge is 2.27. The van der Waals surface area contributed by atoms with Crippen molar-refractivity contribution in [2.75, 3.05) is 26.3 Å². The predicted molar refractivity (Wildman–Crippen MR) is 101 cm³/mol. The summed E-state index contributed by atoms with van der Waals surface area (Å²) in [5.74, 6) is 1.70. The van der Waals surface area contributed by atoms with Gasteiger partial charge in [-0.1, -0.05) is 23.7 Å². The van der Waals surface area contributed by atoms with Crippen molar-refractivity contribution >= 4 is 17.4 Å². The van der Waals surface area contributed by atoms with Crippen molar-refractivity contribution in [3.8, 4) is 11.5 Å². The molecule has 0 N–H and O–H groups in total. The number of carbonyl (C=O) groups is 1. The van der Waals surface area contributed by atoms with Crippen LogP contribution in [0.3, 0.4) is 0 Å². The molecule has 1 saturated heterocycles. The van der Waals surface area contributed by atoms with Gasteiger partial charge in [0.2, 0.25) is 0 Å². The molecule has 0 aliphatic carbocycles. The normalized spacial score (nSPS) is 17.9. The highest BCUT2D eigenvalue weighted by molar-refractivity contribution is 6.30. The van der Waals surface area contributed by atoms with E-state index in [2.05, 4.69) is 11.0 Å². The third-order valence-electron chi connectivity index (χ3n) is 5.08. The van der Waals surface area contributed by atoms with Crippen molar-refractivity contribution in [1.82, 2.24) is 4.90 Å². The summed E-state index contributed by atoms with van der Waals surface area (Å²) >= 11 is 6.06. The minimum absolute atomic E-state index is 0.0770. The number of likely N-dealkylation sites (tertiary alicyclic amines) is 1. The van der Waals surface area contributed by atoms with E-state index in [1.165, 1.54) is 5.56 Å². The van der Waals surface area contributed by atoms with Crippen LogP contribution in [0.1, 0.15) is 28.8 Å². The Kier molecular flexibility index (Phi) is 5.14. The second-order valence-electron chi connectivity index (χ2n) is 6.90. The Balaban J connectivity index is 1.36. The smallest absolute Gasteiger partial charge is 0.166 e. The number of rotatable bonds is 4. The van der Waals surface area contributed by atoms with Crippen molar-refractivity contribution in [3.05, 3.63) is 58.6 Å². The highest BCUT2D eigenvalue weighted by atomic mass is 35.5. The molecule has 2 aromatic carbocycles. The summed E-state index contributed by atoms with van der Waals surface area (Å²) in [5.41, 5.74) is 1.94. The molecule has 4 nitrogen and oxygen atoms in total. The van der Waals surface area contributed by atoms with Gasteiger partial charge in [-0.15, -0.1) is 0 Å². The molecule has 136 valence electrons. The van der Waals surface area contributed by atoms with E-state index in [0.29, 0.717) is 19.0 Å². The van der Waals surface area contributed by atoms with Crippen LogP contribution < -0.4 is 9.47 Å². The van der Waals surface area contributed by atoms with E-state index in [1.54, 1.807) is 0 Å². The summed E-state index contributed by atoms with van der Waals surface area (Å²) in [6.45, 7) is 3.82. The van der Waals surface area contributed by atoms with Crippen molar-refractivity contribution < 1.29 is 14.3 Å². The number of hydrogen-bond acceptors (Lipinski definition) is 4. The number of nitrogens with zero attached hydrogens (tertiary/aromatic N) is 1. The van der Waals surface area contributed by atoms with Gasteiger partial charge in [0.15, 0.2) is 17.3 Å². The van der Waals surface area contributed by atoms with Crippen LogP contribution in [-0.4, -0.2) is 37.0 Å². The Morgan fingerprint density at radius 3 is 2.58 bits per heavy atom. The van der Waals surface area contributed by atoms with Crippen LogP contribution in [0, 0.1) is 5.92 Å². The molecule has 0 atom stereocenters. The molecular formula is C21H22ClNO3. The maximum atomic E-state index is 12.9. The molecule has 0 bridgehead atoms. The van der Waals surface area contributed by atoms with Gasteiger partial charge in [0.05, 0.1) is 0 Å². The molecular weight excluding hydrogens is 350 g/mol. The first-order valence-electron chi connectivity index (χ1n) is 9.10. The molecule has 1 fully saturated rings. The van der Waals surface area contributed by atoms with Crippen LogP contribution in [-0.2, 0) is 6.54 Å².